The maximum Gasteiger partial charge on any atom is 0.370 e. The van der Waals surface area contributed by atoms with Gasteiger partial charge in [0.05, 0.1) is 4.92 Å². The van der Waals surface area contributed by atoms with Gasteiger partial charge in [0.2, 0.25) is 0 Å². The van der Waals surface area contributed by atoms with E-state index >= 15 is 0 Å². The van der Waals surface area contributed by atoms with Crippen molar-refractivity contribution in [1.82, 2.24) is 0 Å². The predicted octanol–water partition coefficient (Wildman–Crippen LogP) is 2.42. The standard InChI is InChI=1S/C9H14NO5PS/c1-7-6-8(4-5-9(7)10(11)12)17(2,3)16(13,14)15/h4-6H,1-3H3,(H2,13,14,15). The molecule has 17 heavy (non-hydrogen) atoms. The summed E-state index contributed by atoms with van der Waals surface area (Å²) in [5.74, 6) is 0. The molecule has 0 aliphatic heterocycles. The van der Waals surface area contributed by atoms with Crippen LogP contribution in [0.4, 0.5) is 5.69 Å². The highest BCUT2D eigenvalue weighted by Crippen LogP contribution is 2.77. The third-order valence-corrected chi connectivity index (χ3v) is 9.33. The molecule has 6 nitrogen and oxygen atoms in total. The minimum absolute atomic E-state index is 0.0466. The second kappa shape index (κ2) is 4.42. The molecule has 0 unspecified atom stereocenters. The van der Waals surface area contributed by atoms with Crippen LogP contribution >= 0.6 is 16.4 Å². The van der Waals surface area contributed by atoms with Gasteiger partial charge in [-0.3, -0.25) is 10.1 Å². The number of hydrogen-bond acceptors (Lipinski definition) is 3. The van der Waals surface area contributed by atoms with Crippen molar-refractivity contribution in [3.8, 4) is 0 Å². The van der Waals surface area contributed by atoms with Gasteiger partial charge in [-0.25, -0.2) is 4.57 Å². The number of hydrogen-bond donors (Lipinski definition) is 2. The summed E-state index contributed by atoms with van der Waals surface area (Å²) < 4.78 is 11.4. The first-order chi connectivity index (χ1) is 7.57. The van der Waals surface area contributed by atoms with Crippen LogP contribution in [0.5, 0.6) is 0 Å². The van der Waals surface area contributed by atoms with E-state index in [4.69, 9.17) is 0 Å². The van der Waals surface area contributed by atoms with Crippen LogP contribution < -0.4 is 0 Å². The second-order valence-corrected chi connectivity index (χ2v) is 12.1. The molecular weight excluding hydrogens is 265 g/mol. The van der Waals surface area contributed by atoms with Crippen molar-refractivity contribution in [2.75, 3.05) is 12.5 Å². The summed E-state index contributed by atoms with van der Waals surface area (Å²) >= 11 is 0. The van der Waals surface area contributed by atoms with Crippen molar-refractivity contribution < 1.29 is 19.3 Å². The fourth-order valence-corrected chi connectivity index (χ4v) is 3.59. The van der Waals surface area contributed by atoms with Gasteiger partial charge in [-0.1, -0.05) is 0 Å². The van der Waals surface area contributed by atoms with Crippen molar-refractivity contribution in [3.05, 3.63) is 33.9 Å². The summed E-state index contributed by atoms with van der Waals surface area (Å²) in [5.41, 5.74) is 0.358. The molecule has 0 aromatic heterocycles. The molecule has 96 valence electrons. The Bertz CT molecular complexity index is 510. The topological polar surface area (TPSA) is 101 Å². The number of nitro groups is 1. The van der Waals surface area contributed by atoms with Gasteiger partial charge in [0.25, 0.3) is 5.69 Å². The number of benzene rings is 1. The SMILES string of the molecule is Cc1cc(S(C)(C)P(=O)(O)O)ccc1[N+](=O)[O-]. The van der Waals surface area contributed by atoms with Crippen molar-refractivity contribution in [1.29, 1.82) is 0 Å². The normalized spacial score (nSPS) is 13.5. The molecule has 0 aliphatic rings. The summed E-state index contributed by atoms with van der Waals surface area (Å²) in [6.07, 6.45) is 2.99. The first-order valence-electron chi connectivity index (χ1n) is 4.61. The molecule has 8 heteroatoms. The summed E-state index contributed by atoms with van der Waals surface area (Å²) in [7, 11) is -2.30. The highest BCUT2D eigenvalue weighted by Gasteiger charge is 2.34. The van der Waals surface area contributed by atoms with Crippen molar-refractivity contribution >= 4 is 22.1 Å². The first kappa shape index (κ1) is 14.2. The van der Waals surface area contributed by atoms with Crippen molar-refractivity contribution in [2.24, 2.45) is 0 Å². The van der Waals surface area contributed by atoms with Crippen LogP contribution in [0.15, 0.2) is 23.1 Å². The lowest BCUT2D eigenvalue weighted by Gasteiger charge is -2.32. The lowest BCUT2D eigenvalue weighted by atomic mass is 10.2. The van der Waals surface area contributed by atoms with Gasteiger partial charge in [-0.05, 0) is 31.6 Å². The van der Waals surface area contributed by atoms with Crippen LogP contribution in [0.2, 0.25) is 0 Å². The summed E-state index contributed by atoms with van der Waals surface area (Å²) in [6.45, 7) is -2.68. The lowest BCUT2D eigenvalue weighted by Crippen LogP contribution is -1.99. The van der Waals surface area contributed by atoms with Crippen molar-refractivity contribution in [3.63, 3.8) is 0 Å². The minimum Gasteiger partial charge on any atom is -0.317 e. The Labute approximate surface area is 100 Å². The van der Waals surface area contributed by atoms with Crippen LogP contribution in [-0.2, 0) is 4.57 Å². The number of rotatable bonds is 3. The van der Waals surface area contributed by atoms with Crippen LogP contribution in [0.25, 0.3) is 0 Å². The Morgan fingerprint density at radius 1 is 1.35 bits per heavy atom. The number of aryl methyl sites for hydroxylation is 1. The molecule has 2 N–H and O–H groups in total. The second-order valence-electron chi connectivity index (χ2n) is 3.97. The molecule has 0 aliphatic carbocycles. The molecule has 0 bridgehead atoms. The molecule has 0 atom stereocenters. The fraction of sp³-hybridized carbons (Fsp3) is 0.333. The van der Waals surface area contributed by atoms with E-state index < -0.39 is 21.4 Å². The van der Waals surface area contributed by atoms with Gasteiger partial charge >= 0.3 is 6.80 Å². The zero-order valence-corrected chi connectivity index (χ0v) is 11.4. The van der Waals surface area contributed by atoms with E-state index in [9.17, 15) is 24.5 Å². The summed E-state index contributed by atoms with van der Waals surface area (Å²) in [5, 5.41) is 10.6. The van der Waals surface area contributed by atoms with Gasteiger partial charge in [0.15, 0.2) is 0 Å². The zero-order valence-electron chi connectivity index (χ0n) is 9.65. The van der Waals surface area contributed by atoms with Crippen LogP contribution in [0, 0.1) is 17.0 Å². The van der Waals surface area contributed by atoms with Gasteiger partial charge < -0.3 is 9.79 Å². The molecule has 1 aromatic rings. The molecule has 0 radical (unpaired) electrons. The maximum atomic E-state index is 11.4. The zero-order chi connectivity index (χ0) is 13.4. The minimum atomic E-state index is -4.24. The molecule has 1 aromatic carbocycles. The molecule has 0 heterocycles. The fourth-order valence-electron chi connectivity index (χ4n) is 1.28. The Kier molecular flexibility index (Phi) is 3.69. The number of nitrogens with zero attached hydrogens (tertiary/aromatic N) is 1. The molecular formula is C9H14NO5PS. The molecule has 0 amide bonds. The quantitative estimate of drug-likeness (QED) is 0.502. The van der Waals surface area contributed by atoms with E-state index in [1.54, 1.807) is 6.92 Å². The van der Waals surface area contributed by atoms with Crippen LogP contribution in [0.1, 0.15) is 5.56 Å². The molecule has 0 saturated heterocycles. The first-order valence-corrected chi connectivity index (χ1v) is 9.28. The van der Waals surface area contributed by atoms with Gasteiger partial charge in [-0.15, -0.1) is 9.65 Å². The van der Waals surface area contributed by atoms with E-state index in [2.05, 4.69) is 0 Å². The summed E-state index contributed by atoms with van der Waals surface area (Å²) in [4.78, 5) is 29.2. The molecule has 0 spiro atoms. The highest BCUT2D eigenvalue weighted by molar-refractivity contribution is 8.76. The van der Waals surface area contributed by atoms with Crippen molar-refractivity contribution in [2.45, 2.75) is 11.8 Å². The monoisotopic (exact) mass is 279 g/mol. The average molecular weight is 279 g/mol. The lowest BCUT2D eigenvalue weighted by molar-refractivity contribution is -0.385. The maximum absolute atomic E-state index is 11.4. The third kappa shape index (κ3) is 2.69. The van der Waals surface area contributed by atoms with E-state index in [1.165, 1.54) is 30.7 Å². The van der Waals surface area contributed by atoms with Crippen LogP contribution in [0.3, 0.4) is 0 Å². The van der Waals surface area contributed by atoms with E-state index in [-0.39, 0.29) is 5.69 Å². The average Bonchev–Trinajstić information content (AvgIpc) is 2.14. The Balaban J connectivity index is 3.32. The Morgan fingerprint density at radius 2 is 1.88 bits per heavy atom. The van der Waals surface area contributed by atoms with Crippen LogP contribution in [-0.4, -0.2) is 27.2 Å². The Hall–Kier alpha value is -0.880. The predicted molar refractivity (Wildman–Crippen MR) is 67.6 cm³/mol. The van der Waals surface area contributed by atoms with E-state index in [1.807, 2.05) is 0 Å². The number of nitro benzene ring substituents is 1. The van der Waals surface area contributed by atoms with E-state index in [0.29, 0.717) is 10.5 Å². The largest absolute Gasteiger partial charge is 0.370 e. The van der Waals surface area contributed by atoms with E-state index in [0.717, 1.165) is 0 Å². The highest BCUT2D eigenvalue weighted by atomic mass is 32.8. The smallest absolute Gasteiger partial charge is 0.317 e. The Morgan fingerprint density at radius 3 is 2.24 bits per heavy atom. The van der Waals surface area contributed by atoms with Gasteiger partial charge in [0.1, 0.15) is 0 Å². The molecule has 0 fully saturated rings. The summed E-state index contributed by atoms with van der Waals surface area (Å²) in [6, 6.07) is 4.18. The van der Waals surface area contributed by atoms with Gasteiger partial charge in [0, 0.05) is 16.5 Å². The third-order valence-electron chi connectivity index (χ3n) is 2.54. The molecule has 0 saturated carbocycles. The van der Waals surface area contributed by atoms with Gasteiger partial charge in [-0.2, -0.15) is 0 Å². The molecule has 1 rings (SSSR count).